The number of nitrogens with one attached hydrogen (secondary N) is 2. The fourth-order valence-electron chi connectivity index (χ4n) is 2.44. The van der Waals surface area contributed by atoms with Gasteiger partial charge in [0.1, 0.15) is 6.04 Å². The molecule has 0 aromatic carbocycles. The van der Waals surface area contributed by atoms with Crippen LogP contribution in [0.5, 0.6) is 0 Å². The molecule has 1 heterocycles. The fourth-order valence-corrected chi connectivity index (χ4v) is 2.44. The van der Waals surface area contributed by atoms with Crippen LogP contribution in [0.3, 0.4) is 0 Å². The molecular formula is C15H26F2N3O3Y-. The topological polar surface area (TPSA) is 70.7 Å². The van der Waals surface area contributed by atoms with E-state index in [1.54, 1.807) is 20.8 Å². The van der Waals surface area contributed by atoms with Gasteiger partial charge in [-0.1, -0.05) is 13.8 Å². The smallest absolute Gasteiger partial charge is 0.318 e. The van der Waals surface area contributed by atoms with E-state index in [1.165, 1.54) is 11.4 Å². The van der Waals surface area contributed by atoms with Gasteiger partial charge in [-0.15, -0.1) is 0 Å². The number of rotatable bonds is 7. The van der Waals surface area contributed by atoms with Gasteiger partial charge in [0.25, 0.3) is 5.92 Å². The third-order valence-corrected chi connectivity index (χ3v) is 3.41. The summed E-state index contributed by atoms with van der Waals surface area (Å²) in [6.45, 7) is 7.87. The number of alkyl halides is 2. The molecule has 2 N–H and O–H groups in total. The van der Waals surface area contributed by atoms with Gasteiger partial charge < -0.3 is 20.3 Å². The van der Waals surface area contributed by atoms with Crippen LogP contribution in [0.25, 0.3) is 0 Å². The summed E-state index contributed by atoms with van der Waals surface area (Å²) in [7, 11) is 0. The quantitative estimate of drug-likeness (QED) is 0.614. The Morgan fingerprint density at radius 1 is 1.25 bits per heavy atom. The van der Waals surface area contributed by atoms with Crippen molar-refractivity contribution in [3.8, 4) is 0 Å². The van der Waals surface area contributed by atoms with E-state index in [9.17, 15) is 18.4 Å². The van der Waals surface area contributed by atoms with Crippen LogP contribution in [0.2, 0.25) is 0 Å². The number of carbonyl (C=O) groups is 2. The molecule has 0 saturated carbocycles. The van der Waals surface area contributed by atoms with Crippen molar-refractivity contribution < 1.29 is 55.8 Å². The van der Waals surface area contributed by atoms with Crippen LogP contribution in [0.15, 0.2) is 0 Å². The minimum Gasteiger partial charge on any atom is -0.504 e. The molecule has 1 radical (unpaired) electrons. The maximum Gasteiger partial charge on any atom is 0.318 e. The third-order valence-electron chi connectivity index (χ3n) is 3.41. The fraction of sp³-hybridized carbons (Fsp3) is 0.800. The largest absolute Gasteiger partial charge is 0.504 e. The van der Waals surface area contributed by atoms with Crippen LogP contribution < -0.4 is 10.6 Å². The molecule has 1 saturated heterocycles. The van der Waals surface area contributed by atoms with Crippen molar-refractivity contribution in [1.82, 2.24) is 15.5 Å². The Bertz CT molecular complexity index is 405. The van der Waals surface area contributed by atoms with Crippen molar-refractivity contribution in [2.45, 2.75) is 45.6 Å². The number of hydrogen-bond donors (Lipinski definition) is 2. The first kappa shape index (κ1) is 23.7. The Kier molecular flexibility index (Phi) is 11.2. The van der Waals surface area contributed by atoms with E-state index in [1.807, 2.05) is 0 Å². The summed E-state index contributed by atoms with van der Waals surface area (Å²) < 4.78 is 33.2. The zero-order chi connectivity index (χ0) is 17.5. The summed E-state index contributed by atoms with van der Waals surface area (Å²) in [5.41, 5.74) is 0. The predicted octanol–water partition coefficient (Wildman–Crippen LogP) is 1.76. The summed E-state index contributed by atoms with van der Waals surface area (Å²) in [5, 5.41) is 4.79. The van der Waals surface area contributed by atoms with Crippen LogP contribution in [-0.2, 0) is 42.2 Å². The number of hydrogen-bond acceptors (Lipinski definition) is 3. The normalized spacial score (nSPS) is 16.3. The second-order valence-electron chi connectivity index (χ2n) is 6.06. The molecule has 0 bridgehead atoms. The van der Waals surface area contributed by atoms with Gasteiger partial charge in [-0.3, -0.25) is 4.79 Å². The van der Waals surface area contributed by atoms with Crippen molar-refractivity contribution in [3.05, 3.63) is 6.54 Å². The van der Waals surface area contributed by atoms with Gasteiger partial charge in [0.2, 0.25) is 5.91 Å². The standard InChI is InChI=1S/C15H26F2N3O3.Y/c1-4-18-13(21)12(10-15(16,17)9-11(2)3)19-14(22)20-5-7-23-8-6-20;/h4,11-12H,5-10H2,1-3H3,(H,18,21)(H,19,22);/q-1;/t12-;/m0./s1. The summed E-state index contributed by atoms with van der Waals surface area (Å²) in [5.74, 6) is -3.87. The number of urea groups is 1. The van der Waals surface area contributed by atoms with E-state index < -0.39 is 30.3 Å². The average Bonchev–Trinajstić information content (AvgIpc) is 2.46. The monoisotopic (exact) mass is 423 g/mol. The molecule has 0 aromatic rings. The molecule has 0 spiro atoms. The Balaban J connectivity index is 0.00000529. The molecule has 137 valence electrons. The van der Waals surface area contributed by atoms with Gasteiger partial charge in [0.15, 0.2) is 0 Å². The number of morpholine rings is 1. The van der Waals surface area contributed by atoms with Gasteiger partial charge >= 0.3 is 6.03 Å². The second kappa shape index (κ2) is 11.3. The van der Waals surface area contributed by atoms with Crippen LogP contribution >= 0.6 is 0 Å². The third kappa shape index (κ3) is 8.67. The van der Waals surface area contributed by atoms with Crippen molar-refractivity contribution in [2.75, 3.05) is 26.3 Å². The summed E-state index contributed by atoms with van der Waals surface area (Å²) in [6, 6.07) is -1.81. The number of nitrogens with zero attached hydrogens (tertiary/aromatic N) is 1. The van der Waals surface area contributed by atoms with Crippen molar-refractivity contribution in [3.63, 3.8) is 0 Å². The van der Waals surface area contributed by atoms with Gasteiger partial charge in [-0.2, -0.15) is 6.92 Å². The van der Waals surface area contributed by atoms with Gasteiger partial charge in [0, 0.05) is 58.6 Å². The zero-order valence-corrected chi connectivity index (χ0v) is 17.3. The number of carbonyl (C=O) groups excluding carboxylic acids is 2. The molecule has 1 aliphatic rings. The molecule has 0 aliphatic carbocycles. The summed E-state index contributed by atoms with van der Waals surface area (Å²) in [6.07, 6.45) is -1.05. The first-order valence-electron chi connectivity index (χ1n) is 7.84. The SMILES string of the molecule is C[CH-]NC(=O)[C@H](CC(F)(F)CC(C)C)NC(=O)N1CCOCC1.[Y]. The van der Waals surface area contributed by atoms with E-state index in [-0.39, 0.29) is 45.0 Å². The molecule has 24 heavy (non-hydrogen) atoms. The molecule has 1 aliphatic heterocycles. The van der Waals surface area contributed by atoms with Gasteiger partial charge in [0.05, 0.1) is 13.2 Å². The molecule has 6 nitrogen and oxygen atoms in total. The maximum absolute atomic E-state index is 14.0. The molecular weight excluding hydrogens is 397 g/mol. The van der Waals surface area contributed by atoms with E-state index in [4.69, 9.17) is 4.74 Å². The summed E-state index contributed by atoms with van der Waals surface area (Å²) in [4.78, 5) is 25.6. The van der Waals surface area contributed by atoms with E-state index in [0.717, 1.165) is 0 Å². The van der Waals surface area contributed by atoms with E-state index in [0.29, 0.717) is 26.3 Å². The Morgan fingerprint density at radius 2 is 1.83 bits per heavy atom. The molecule has 3 amide bonds. The number of amides is 3. The molecule has 0 aromatic heterocycles. The van der Waals surface area contributed by atoms with Crippen molar-refractivity contribution >= 4 is 11.9 Å². The Morgan fingerprint density at radius 3 is 2.33 bits per heavy atom. The molecule has 1 atom stereocenters. The van der Waals surface area contributed by atoms with E-state index >= 15 is 0 Å². The molecule has 1 fully saturated rings. The second-order valence-corrected chi connectivity index (χ2v) is 6.06. The van der Waals surface area contributed by atoms with Gasteiger partial charge in [-0.25, -0.2) is 20.1 Å². The number of halogens is 2. The maximum atomic E-state index is 14.0. The minimum absolute atomic E-state index is 0. The van der Waals surface area contributed by atoms with Crippen molar-refractivity contribution in [1.29, 1.82) is 0 Å². The first-order valence-corrected chi connectivity index (χ1v) is 7.84. The zero-order valence-electron chi connectivity index (χ0n) is 14.5. The van der Waals surface area contributed by atoms with Gasteiger partial charge in [-0.05, 0) is 5.92 Å². The van der Waals surface area contributed by atoms with Crippen LogP contribution in [-0.4, -0.2) is 55.1 Å². The Hall–Kier alpha value is -0.336. The van der Waals surface area contributed by atoms with Crippen LogP contribution in [0.1, 0.15) is 33.6 Å². The predicted molar refractivity (Wildman–Crippen MR) is 81.8 cm³/mol. The molecule has 0 unspecified atom stereocenters. The Labute approximate surface area is 167 Å². The molecule has 9 heteroatoms. The average molecular weight is 423 g/mol. The van der Waals surface area contributed by atoms with Crippen LogP contribution in [0, 0.1) is 12.5 Å². The number of ether oxygens (including phenoxy) is 1. The van der Waals surface area contributed by atoms with Crippen molar-refractivity contribution in [2.24, 2.45) is 5.92 Å². The van der Waals surface area contributed by atoms with Crippen LogP contribution in [0.4, 0.5) is 13.6 Å². The molecule has 1 rings (SSSR count). The minimum atomic E-state index is -3.03. The first-order chi connectivity index (χ1) is 10.7. The van der Waals surface area contributed by atoms with E-state index in [2.05, 4.69) is 10.6 Å². The summed E-state index contributed by atoms with van der Waals surface area (Å²) >= 11 is 0.